The Hall–Kier alpha value is -3.08. The van der Waals surface area contributed by atoms with Gasteiger partial charge >= 0.3 is 6.18 Å². The van der Waals surface area contributed by atoms with E-state index >= 15 is 0 Å². The molecule has 0 aromatic heterocycles. The molecule has 34 heavy (non-hydrogen) atoms. The van der Waals surface area contributed by atoms with E-state index in [1.807, 2.05) is 17.0 Å². The molecule has 1 saturated heterocycles. The van der Waals surface area contributed by atoms with Crippen LogP contribution in [0.25, 0.3) is 0 Å². The van der Waals surface area contributed by atoms with E-state index in [4.69, 9.17) is 4.74 Å². The number of alkyl halides is 3. The second-order valence-electron chi connectivity index (χ2n) is 8.11. The van der Waals surface area contributed by atoms with Crippen LogP contribution in [-0.2, 0) is 9.84 Å². The lowest BCUT2D eigenvalue weighted by Crippen LogP contribution is -2.49. The molecule has 2 aromatic carbocycles. The number of nitrogens with zero attached hydrogens (tertiary/aromatic N) is 2. The van der Waals surface area contributed by atoms with Gasteiger partial charge in [-0.1, -0.05) is 0 Å². The third kappa shape index (κ3) is 5.88. The van der Waals surface area contributed by atoms with Crippen molar-refractivity contribution in [1.29, 1.82) is 0 Å². The summed E-state index contributed by atoms with van der Waals surface area (Å²) in [5.74, 6) is -0.984. The van der Waals surface area contributed by atoms with Crippen LogP contribution in [0.1, 0.15) is 34.6 Å². The van der Waals surface area contributed by atoms with E-state index in [0.29, 0.717) is 18.7 Å². The lowest BCUT2D eigenvalue weighted by Gasteiger charge is -2.36. The van der Waals surface area contributed by atoms with E-state index < -0.39 is 28.0 Å². The van der Waals surface area contributed by atoms with Crippen molar-refractivity contribution in [1.82, 2.24) is 4.90 Å². The number of halogens is 3. The first-order chi connectivity index (χ1) is 15.8. The van der Waals surface area contributed by atoms with Crippen molar-refractivity contribution in [3.63, 3.8) is 0 Å². The van der Waals surface area contributed by atoms with E-state index in [0.717, 1.165) is 37.1 Å². The predicted molar refractivity (Wildman–Crippen MR) is 120 cm³/mol. The number of ether oxygens (including phenoxy) is 1. The highest BCUT2D eigenvalue weighted by molar-refractivity contribution is 7.90. The Morgan fingerprint density at radius 1 is 1.00 bits per heavy atom. The van der Waals surface area contributed by atoms with Gasteiger partial charge < -0.3 is 14.5 Å². The molecule has 1 amide bonds. The highest BCUT2D eigenvalue weighted by Gasteiger charge is 2.39. The second-order valence-corrected chi connectivity index (χ2v) is 10.1. The number of carbonyl (C=O) groups is 2. The smallest absolute Gasteiger partial charge is 0.425 e. The summed E-state index contributed by atoms with van der Waals surface area (Å²) in [5, 5.41) is 0. The number of hydrogen-bond acceptors (Lipinski definition) is 6. The number of benzene rings is 2. The molecule has 0 saturated carbocycles. The van der Waals surface area contributed by atoms with Gasteiger partial charge in [-0.15, -0.1) is 0 Å². The maximum absolute atomic E-state index is 13.2. The zero-order valence-corrected chi connectivity index (χ0v) is 19.7. The number of piperazine rings is 1. The van der Waals surface area contributed by atoms with Gasteiger partial charge in [0.1, 0.15) is 5.75 Å². The third-order valence-corrected chi connectivity index (χ3v) is 6.69. The fourth-order valence-electron chi connectivity index (χ4n) is 3.51. The first-order valence-electron chi connectivity index (χ1n) is 10.5. The predicted octanol–water partition coefficient (Wildman–Crippen LogP) is 3.58. The van der Waals surface area contributed by atoms with Gasteiger partial charge in [-0.05, 0) is 56.3 Å². The maximum atomic E-state index is 13.2. The minimum absolute atomic E-state index is 0.0452. The van der Waals surface area contributed by atoms with Crippen molar-refractivity contribution in [3.05, 3.63) is 53.6 Å². The van der Waals surface area contributed by atoms with Crippen molar-refractivity contribution in [2.75, 3.05) is 37.3 Å². The average molecular weight is 499 g/mol. The second kappa shape index (κ2) is 9.65. The van der Waals surface area contributed by atoms with E-state index in [-0.39, 0.29) is 35.1 Å². The fourth-order valence-corrected chi connectivity index (χ4v) is 4.16. The van der Waals surface area contributed by atoms with E-state index in [2.05, 4.69) is 0 Å². The summed E-state index contributed by atoms with van der Waals surface area (Å²) in [6.45, 7) is 3.73. The molecule has 1 fully saturated rings. The van der Waals surface area contributed by atoms with Crippen molar-refractivity contribution in [2.24, 2.45) is 0 Å². The van der Waals surface area contributed by atoms with E-state index in [1.54, 1.807) is 12.1 Å². The molecule has 0 aliphatic carbocycles. The molecule has 0 bridgehead atoms. The molecular formula is C23H25F3N2O5S. The molecular weight excluding hydrogens is 473 g/mol. The summed E-state index contributed by atoms with van der Waals surface area (Å²) in [5.41, 5.74) is 1.22. The minimum Gasteiger partial charge on any atom is -0.480 e. The Kier molecular flexibility index (Phi) is 7.25. The van der Waals surface area contributed by atoms with Crippen LogP contribution in [0.4, 0.5) is 18.9 Å². The lowest BCUT2D eigenvalue weighted by atomic mass is 10.1. The standard InChI is InChI=1S/C23H25F3N2O5S/c1-15(29)17-4-6-18(7-5-17)27-10-12-28(13-11-27)22(30)20-14-19(34(3,31)32)8-9-21(20)33-16(2)23(24,25)26/h4-9,14,16H,10-13H2,1-3H3/t16-/m0/s1. The molecule has 1 aliphatic rings. The average Bonchev–Trinajstić information content (AvgIpc) is 2.77. The number of anilines is 1. The van der Waals surface area contributed by atoms with Gasteiger partial charge in [-0.25, -0.2) is 8.42 Å². The molecule has 0 N–H and O–H groups in total. The van der Waals surface area contributed by atoms with Crippen molar-refractivity contribution < 1.29 is 35.9 Å². The summed E-state index contributed by atoms with van der Waals surface area (Å²) in [6, 6.07) is 10.3. The van der Waals surface area contributed by atoms with Crippen LogP contribution in [0, 0.1) is 0 Å². The maximum Gasteiger partial charge on any atom is 0.425 e. The van der Waals surface area contributed by atoms with Gasteiger partial charge in [-0.2, -0.15) is 13.2 Å². The van der Waals surface area contributed by atoms with Gasteiger partial charge in [0, 0.05) is 43.7 Å². The van der Waals surface area contributed by atoms with E-state index in [9.17, 15) is 31.2 Å². The largest absolute Gasteiger partial charge is 0.480 e. The fraction of sp³-hybridized carbons (Fsp3) is 0.391. The van der Waals surface area contributed by atoms with Gasteiger partial charge in [0.05, 0.1) is 10.5 Å². The van der Waals surface area contributed by atoms with Crippen LogP contribution in [0.2, 0.25) is 0 Å². The van der Waals surface area contributed by atoms with Crippen molar-refractivity contribution >= 4 is 27.2 Å². The number of Topliss-reactive ketones (excluding diaryl/α,β-unsaturated/α-hetero) is 1. The van der Waals surface area contributed by atoms with Crippen LogP contribution in [-0.4, -0.2) is 69.7 Å². The van der Waals surface area contributed by atoms with Crippen molar-refractivity contribution in [2.45, 2.75) is 31.0 Å². The Labute approximate surface area is 196 Å². The Morgan fingerprint density at radius 2 is 1.59 bits per heavy atom. The Bertz CT molecular complexity index is 1170. The number of ketones is 1. The van der Waals surface area contributed by atoms with Crippen molar-refractivity contribution in [3.8, 4) is 5.75 Å². The monoisotopic (exact) mass is 498 g/mol. The normalized spacial score (nSPS) is 15.7. The molecule has 3 rings (SSSR count). The molecule has 1 heterocycles. The number of sulfone groups is 1. The SMILES string of the molecule is CC(=O)c1ccc(N2CCN(C(=O)c3cc(S(C)(=O)=O)ccc3O[C@@H](C)C(F)(F)F)CC2)cc1. The Balaban J connectivity index is 1.80. The molecule has 0 radical (unpaired) electrons. The third-order valence-electron chi connectivity index (χ3n) is 5.58. The molecule has 1 atom stereocenters. The van der Waals surface area contributed by atoms with E-state index in [1.165, 1.54) is 11.8 Å². The quantitative estimate of drug-likeness (QED) is 0.566. The topological polar surface area (TPSA) is 84.0 Å². The first kappa shape index (κ1) is 25.5. The Morgan fingerprint density at radius 3 is 2.09 bits per heavy atom. The zero-order chi connectivity index (χ0) is 25.3. The molecule has 11 heteroatoms. The van der Waals surface area contributed by atoms with Crippen LogP contribution < -0.4 is 9.64 Å². The van der Waals surface area contributed by atoms with Crippen LogP contribution in [0.5, 0.6) is 5.75 Å². The van der Waals surface area contributed by atoms with Gasteiger partial charge in [0.2, 0.25) is 0 Å². The van der Waals surface area contributed by atoms with Crippen LogP contribution in [0.3, 0.4) is 0 Å². The number of carbonyl (C=O) groups excluding carboxylic acids is 2. The van der Waals surface area contributed by atoms with Gasteiger partial charge in [0.15, 0.2) is 21.7 Å². The summed E-state index contributed by atoms with van der Waals surface area (Å²) in [6.07, 6.45) is -5.89. The minimum atomic E-state index is -4.65. The summed E-state index contributed by atoms with van der Waals surface area (Å²) in [4.78, 5) is 27.9. The zero-order valence-electron chi connectivity index (χ0n) is 18.9. The molecule has 184 valence electrons. The molecule has 2 aromatic rings. The molecule has 7 nitrogen and oxygen atoms in total. The number of amides is 1. The van der Waals surface area contributed by atoms with Crippen LogP contribution >= 0.6 is 0 Å². The van der Waals surface area contributed by atoms with Gasteiger partial charge in [0.25, 0.3) is 5.91 Å². The highest BCUT2D eigenvalue weighted by atomic mass is 32.2. The summed E-state index contributed by atoms with van der Waals surface area (Å²) >= 11 is 0. The van der Waals surface area contributed by atoms with Gasteiger partial charge in [-0.3, -0.25) is 9.59 Å². The first-order valence-corrected chi connectivity index (χ1v) is 12.4. The molecule has 0 spiro atoms. The summed E-state index contributed by atoms with van der Waals surface area (Å²) in [7, 11) is -3.70. The number of rotatable bonds is 6. The number of hydrogen-bond donors (Lipinski definition) is 0. The molecule has 1 aliphatic heterocycles. The highest BCUT2D eigenvalue weighted by Crippen LogP contribution is 2.30. The summed E-state index contributed by atoms with van der Waals surface area (Å²) < 4.78 is 68.0. The molecule has 0 unspecified atom stereocenters. The van der Waals surface area contributed by atoms with Crippen LogP contribution in [0.15, 0.2) is 47.4 Å². The lowest BCUT2D eigenvalue weighted by molar-refractivity contribution is -0.189.